The van der Waals surface area contributed by atoms with E-state index in [9.17, 15) is 9.59 Å². The molecular weight excluding hydrogens is 296 g/mol. The summed E-state index contributed by atoms with van der Waals surface area (Å²) in [4.78, 5) is 22.4. The molecule has 1 aromatic carbocycles. The molecule has 0 bridgehead atoms. The Kier molecular flexibility index (Phi) is 5.85. The van der Waals surface area contributed by atoms with Gasteiger partial charge in [-0.2, -0.15) is 0 Å². The number of nitrogens with two attached hydrogens (primary N) is 1. The molecule has 0 fully saturated rings. The van der Waals surface area contributed by atoms with Crippen LogP contribution < -0.4 is 11.1 Å². The van der Waals surface area contributed by atoms with E-state index in [1.165, 1.54) is 0 Å². The molecule has 3 N–H and O–H groups in total. The van der Waals surface area contributed by atoms with Crippen LogP contribution in [0.1, 0.15) is 35.2 Å². The number of halogens is 1. The lowest BCUT2D eigenvalue weighted by Crippen LogP contribution is -2.25. The van der Waals surface area contributed by atoms with Crippen molar-refractivity contribution in [3.8, 4) is 0 Å². The van der Waals surface area contributed by atoms with Crippen molar-refractivity contribution in [2.24, 2.45) is 5.73 Å². The quantitative estimate of drug-likeness (QED) is 0.790. The standard InChI is InChI=1S/C13H17BrN2O2/c1-9-5-4-6-10(12(9)14)13(18)16-8-3-2-7-11(15)17/h4-6H,2-3,7-8H2,1H3,(H2,15,17)(H,16,18). The topological polar surface area (TPSA) is 72.2 Å². The Balaban J connectivity index is 2.41. The second kappa shape index (κ2) is 7.16. The first-order valence-electron chi connectivity index (χ1n) is 5.84. The predicted octanol–water partition coefficient (Wildman–Crippen LogP) is 2.14. The fourth-order valence-corrected chi connectivity index (χ4v) is 1.99. The molecule has 0 saturated heterocycles. The normalized spacial score (nSPS) is 10.1. The average Bonchev–Trinajstić information content (AvgIpc) is 2.31. The number of primary amides is 1. The van der Waals surface area contributed by atoms with Crippen LogP contribution in [0.15, 0.2) is 22.7 Å². The van der Waals surface area contributed by atoms with Crippen molar-refractivity contribution < 1.29 is 9.59 Å². The third kappa shape index (κ3) is 4.49. The number of hydrogen-bond donors (Lipinski definition) is 2. The summed E-state index contributed by atoms with van der Waals surface area (Å²) in [6, 6.07) is 5.56. The molecule has 98 valence electrons. The highest BCUT2D eigenvalue weighted by atomic mass is 79.9. The Morgan fingerprint density at radius 3 is 2.72 bits per heavy atom. The zero-order valence-electron chi connectivity index (χ0n) is 10.3. The van der Waals surface area contributed by atoms with E-state index >= 15 is 0 Å². The van der Waals surface area contributed by atoms with Gasteiger partial charge >= 0.3 is 0 Å². The summed E-state index contributed by atoms with van der Waals surface area (Å²) >= 11 is 3.40. The lowest BCUT2D eigenvalue weighted by atomic mass is 10.1. The smallest absolute Gasteiger partial charge is 0.252 e. The largest absolute Gasteiger partial charge is 0.370 e. The van der Waals surface area contributed by atoms with Gasteiger partial charge in [-0.25, -0.2) is 0 Å². The zero-order valence-corrected chi connectivity index (χ0v) is 11.9. The molecule has 0 saturated carbocycles. The van der Waals surface area contributed by atoms with Crippen LogP contribution in [0.2, 0.25) is 0 Å². The summed E-state index contributed by atoms with van der Waals surface area (Å²) in [6.45, 7) is 2.49. The van der Waals surface area contributed by atoms with E-state index in [1.54, 1.807) is 6.07 Å². The molecule has 0 aliphatic carbocycles. The van der Waals surface area contributed by atoms with Crippen LogP contribution in [0.5, 0.6) is 0 Å². The summed E-state index contributed by atoms with van der Waals surface area (Å²) < 4.78 is 0.819. The predicted molar refractivity (Wildman–Crippen MR) is 74.3 cm³/mol. The maximum Gasteiger partial charge on any atom is 0.252 e. The number of rotatable bonds is 6. The Labute approximate surface area is 115 Å². The lowest BCUT2D eigenvalue weighted by Gasteiger charge is -2.08. The number of unbranched alkanes of at least 4 members (excludes halogenated alkanes) is 1. The Hall–Kier alpha value is -1.36. The van der Waals surface area contributed by atoms with E-state index < -0.39 is 0 Å². The van der Waals surface area contributed by atoms with Crippen molar-refractivity contribution in [3.63, 3.8) is 0 Å². The molecule has 0 spiro atoms. The van der Waals surface area contributed by atoms with Gasteiger partial charge in [0.05, 0.1) is 5.56 Å². The minimum absolute atomic E-state index is 0.107. The van der Waals surface area contributed by atoms with Gasteiger partial charge in [0.15, 0.2) is 0 Å². The van der Waals surface area contributed by atoms with Gasteiger partial charge in [0, 0.05) is 17.4 Å². The molecule has 2 amide bonds. The lowest BCUT2D eigenvalue weighted by molar-refractivity contribution is -0.118. The number of aryl methyl sites for hydroxylation is 1. The molecule has 5 heteroatoms. The van der Waals surface area contributed by atoms with Gasteiger partial charge in [0.2, 0.25) is 5.91 Å². The molecule has 4 nitrogen and oxygen atoms in total. The maximum atomic E-state index is 11.9. The van der Waals surface area contributed by atoms with Crippen LogP contribution in [-0.2, 0) is 4.79 Å². The van der Waals surface area contributed by atoms with Crippen LogP contribution in [0.3, 0.4) is 0 Å². The van der Waals surface area contributed by atoms with E-state index in [0.717, 1.165) is 16.5 Å². The molecule has 0 radical (unpaired) electrons. The molecule has 0 aliphatic rings. The number of nitrogens with one attached hydrogen (secondary N) is 1. The summed E-state index contributed by atoms with van der Waals surface area (Å²) in [7, 11) is 0. The molecule has 1 aromatic rings. The highest BCUT2D eigenvalue weighted by Crippen LogP contribution is 2.20. The fraction of sp³-hybridized carbons (Fsp3) is 0.385. The molecule has 18 heavy (non-hydrogen) atoms. The monoisotopic (exact) mass is 312 g/mol. The molecule has 1 rings (SSSR count). The third-order valence-electron chi connectivity index (χ3n) is 2.57. The summed E-state index contributed by atoms with van der Waals surface area (Å²) in [5, 5.41) is 2.82. The maximum absolute atomic E-state index is 11.9. The molecule has 0 unspecified atom stereocenters. The first-order valence-corrected chi connectivity index (χ1v) is 6.63. The average molecular weight is 313 g/mol. The van der Waals surface area contributed by atoms with Crippen molar-refractivity contribution >= 4 is 27.7 Å². The number of hydrogen-bond acceptors (Lipinski definition) is 2. The Morgan fingerprint density at radius 2 is 2.06 bits per heavy atom. The van der Waals surface area contributed by atoms with Crippen molar-refractivity contribution in [2.45, 2.75) is 26.2 Å². The molecular formula is C13H17BrN2O2. The van der Waals surface area contributed by atoms with Crippen molar-refractivity contribution in [1.82, 2.24) is 5.32 Å². The van der Waals surface area contributed by atoms with Gasteiger partial charge in [-0.05, 0) is 47.3 Å². The molecule has 0 aliphatic heterocycles. The SMILES string of the molecule is Cc1cccc(C(=O)NCCCCC(N)=O)c1Br. The number of carbonyl (C=O) groups is 2. The second-order valence-corrected chi connectivity index (χ2v) is 4.91. The van der Waals surface area contributed by atoms with Gasteiger partial charge in [0.1, 0.15) is 0 Å². The summed E-state index contributed by atoms with van der Waals surface area (Å²) in [6.07, 6.45) is 1.81. The summed E-state index contributed by atoms with van der Waals surface area (Å²) in [5.74, 6) is -0.410. The highest BCUT2D eigenvalue weighted by molar-refractivity contribution is 9.10. The number of benzene rings is 1. The summed E-state index contributed by atoms with van der Waals surface area (Å²) in [5.41, 5.74) is 6.68. The van der Waals surface area contributed by atoms with Crippen LogP contribution in [-0.4, -0.2) is 18.4 Å². The Bertz CT molecular complexity index is 447. The van der Waals surface area contributed by atoms with Crippen LogP contribution in [0, 0.1) is 6.92 Å². The van der Waals surface area contributed by atoms with Crippen molar-refractivity contribution in [3.05, 3.63) is 33.8 Å². The number of amides is 2. The molecule has 0 aromatic heterocycles. The van der Waals surface area contributed by atoms with Crippen LogP contribution >= 0.6 is 15.9 Å². The van der Waals surface area contributed by atoms with E-state index in [4.69, 9.17) is 5.73 Å². The van der Waals surface area contributed by atoms with E-state index in [0.29, 0.717) is 24.9 Å². The number of carbonyl (C=O) groups excluding carboxylic acids is 2. The minimum atomic E-state index is -0.303. The third-order valence-corrected chi connectivity index (χ3v) is 3.62. The van der Waals surface area contributed by atoms with E-state index in [1.807, 2.05) is 19.1 Å². The van der Waals surface area contributed by atoms with Crippen LogP contribution in [0.4, 0.5) is 0 Å². The van der Waals surface area contributed by atoms with Gasteiger partial charge in [0.25, 0.3) is 5.91 Å². The zero-order chi connectivity index (χ0) is 13.5. The van der Waals surface area contributed by atoms with Gasteiger partial charge in [-0.3, -0.25) is 9.59 Å². The Morgan fingerprint density at radius 1 is 1.33 bits per heavy atom. The van der Waals surface area contributed by atoms with E-state index in [2.05, 4.69) is 21.2 Å². The van der Waals surface area contributed by atoms with Crippen molar-refractivity contribution in [1.29, 1.82) is 0 Å². The minimum Gasteiger partial charge on any atom is -0.370 e. The van der Waals surface area contributed by atoms with Crippen molar-refractivity contribution in [2.75, 3.05) is 6.54 Å². The van der Waals surface area contributed by atoms with Gasteiger partial charge < -0.3 is 11.1 Å². The fourth-order valence-electron chi connectivity index (χ4n) is 1.54. The first-order chi connectivity index (χ1) is 8.52. The molecule has 0 heterocycles. The molecule has 0 atom stereocenters. The van der Waals surface area contributed by atoms with Crippen LogP contribution in [0.25, 0.3) is 0 Å². The van der Waals surface area contributed by atoms with Gasteiger partial charge in [-0.1, -0.05) is 12.1 Å². The first kappa shape index (κ1) is 14.7. The highest BCUT2D eigenvalue weighted by Gasteiger charge is 2.10. The second-order valence-electron chi connectivity index (χ2n) is 4.12. The van der Waals surface area contributed by atoms with E-state index in [-0.39, 0.29) is 11.8 Å². The van der Waals surface area contributed by atoms with Gasteiger partial charge in [-0.15, -0.1) is 0 Å².